The number of benzene rings is 2. The first-order chi connectivity index (χ1) is 15.3. The third-order valence-electron chi connectivity index (χ3n) is 5.43. The molecular weight excluding hydrogens is 430 g/mol. The largest absolute Gasteiger partial charge is 0.325 e. The third-order valence-corrected chi connectivity index (χ3v) is 5.66. The molecule has 1 aliphatic rings. The van der Waals surface area contributed by atoms with E-state index in [9.17, 15) is 14.4 Å². The summed E-state index contributed by atoms with van der Waals surface area (Å²) in [6.07, 6.45) is 0.362. The molecule has 164 valence electrons. The zero-order valence-corrected chi connectivity index (χ0v) is 18.4. The van der Waals surface area contributed by atoms with Gasteiger partial charge < -0.3 is 10.6 Å². The van der Waals surface area contributed by atoms with Gasteiger partial charge in [0.15, 0.2) is 0 Å². The van der Waals surface area contributed by atoms with Crippen molar-refractivity contribution in [2.24, 2.45) is 0 Å². The van der Waals surface area contributed by atoms with Crippen molar-refractivity contribution in [1.29, 1.82) is 0 Å². The lowest BCUT2D eigenvalue weighted by atomic mass is 9.87. The summed E-state index contributed by atoms with van der Waals surface area (Å²) in [6, 6.07) is 17.2. The average Bonchev–Trinajstić information content (AvgIpc) is 3.26. The van der Waals surface area contributed by atoms with Gasteiger partial charge in [-0.05, 0) is 37.1 Å². The smallest absolute Gasteiger partial charge is 0.319 e. The van der Waals surface area contributed by atoms with Crippen LogP contribution in [0.4, 0.5) is 10.6 Å². The normalized spacial score (nSPS) is 18.0. The van der Waals surface area contributed by atoms with Gasteiger partial charge in [-0.3, -0.25) is 14.5 Å². The Morgan fingerprint density at radius 1 is 1.12 bits per heavy atom. The van der Waals surface area contributed by atoms with Crippen molar-refractivity contribution in [3.8, 4) is 5.69 Å². The first-order valence-corrected chi connectivity index (χ1v) is 10.5. The van der Waals surface area contributed by atoms with Crippen LogP contribution < -0.4 is 10.6 Å². The molecule has 8 nitrogen and oxygen atoms in total. The maximum Gasteiger partial charge on any atom is 0.325 e. The molecule has 1 aromatic heterocycles. The van der Waals surface area contributed by atoms with Gasteiger partial charge in [-0.15, -0.1) is 0 Å². The fourth-order valence-electron chi connectivity index (χ4n) is 3.85. The van der Waals surface area contributed by atoms with Crippen LogP contribution in [0.3, 0.4) is 0 Å². The van der Waals surface area contributed by atoms with Crippen LogP contribution in [0.5, 0.6) is 0 Å². The van der Waals surface area contributed by atoms with E-state index in [-0.39, 0.29) is 0 Å². The van der Waals surface area contributed by atoms with Crippen molar-refractivity contribution < 1.29 is 14.4 Å². The molecule has 0 spiro atoms. The number of nitrogens with zero attached hydrogens (tertiary/aromatic N) is 3. The summed E-state index contributed by atoms with van der Waals surface area (Å²) in [5.41, 5.74) is 0.852. The number of nitrogens with one attached hydrogen (secondary N) is 2. The first-order valence-electron chi connectivity index (χ1n) is 10.2. The van der Waals surface area contributed by atoms with Crippen molar-refractivity contribution in [3.05, 3.63) is 76.9 Å². The number of rotatable bonds is 6. The molecule has 2 aromatic carbocycles. The molecule has 1 atom stereocenters. The summed E-state index contributed by atoms with van der Waals surface area (Å²) < 4.78 is 1.55. The van der Waals surface area contributed by atoms with E-state index in [1.165, 1.54) is 0 Å². The van der Waals surface area contributed by atoms with Crippen LogP contribution in [0.2, 0.25) is 5.02 Å². The minimum Gasteiger partial charge on any atom is -0.319 e. The topological polar surface area (TPSA) is 96.3 Å². The predicted molar refractivity (Wildman–Crippen MR) is 121 cm³/mol. The van der Waals surface area contributed by atoms with Gasteiger partial charge in [0, 0.05) is 11.1 Å². The molecule has 0 saturated carbocycles. The van der Waals surface area contributed by atoms with Crippen LogP contribution in [-0.2, 0) is 15.1 Å². The zero-order chi connectivity index (χ0) is 22.9. The fraction of sp³-hybridized carbons (Fsp3) is 0.217. The quantitative estimate of drug-likeness (QED) is 0.559. The molecular formula is C23H22ClN5O3. The van der Waals surface area contributed by atoms with E-state index in [4.69, 9.17) is 11.6 Å². The number of aromatic nitrogens is 2. The molecule has 2 heterocycles. The first kappa shape index (κ1) is 21.6. The number of anilines is 1. The number of hydrogen-bond donors (Lipinski definition) is 2. The van der Waals surface area contributed by atoms with Crippen LogP contribution in [0, 0.1) is 6.92 Å². The Labute approximate surface area is 190 Å². The van der Waals surface area contributed by atoms with E-state index in [1.807, 2.05) is 13.0 Å². The van der Waals surface area contributed by atoms with Crippen molar-refractivity contribution in [2.75, 3.05) is 11.9 Å². The van der Waals surface area contributed by atoms with E-state index < -0.39 is 29.9 Å². The number of urea groups is 1. The molecule has 1 aliphatic heterocycles. The summed E-state index contributed by atoms with van der Waals surface area (Å²) in [7, 11) is 0. The van der Waals surface area contributed by atoms with E-state index in [2.05, 4.69) is 15.7 Å². The van der Waals surface area contributed by atoms with Gasteiger partial charge in [0.05, 0.1) is 11.4 Å². The molecule has 1 unspecified atom stereocenters. The molecule has 1 saturated heterocycles. The molecule has 0 aliphatic carbocycles. The van der Waals surface area contributed by atoms with Crippen molar-refractivity contribution in [1.82, 2.24) is 20.0 Å². The monoisotopic (exact) mass is 451 g/mol. The van der Waals surface area contributed by atoms with Gasteiger partial charge in [0.25, 0.3) is 5.91 Å². The van der Waals surface area contributed by atoms with Crippen LogP contribution in [0.25, 0.3) is 5.69 Å². The molecule has 4 rings (SSSR count). The van der Waals surface area contributed by atoms with Gasteiger partial charge in [0.1, 0.15) is 17.9 Å². The van der Waals surface area contributed by atoms with Crippen molar-refractivity contribution in [2.45, 2.75) is 25.8 Å². The standard InChI is InChI=1S/C23H22ClN5O3/c1-3-23(16-8-5-4-6-9-16)21(31)28(22(32)26-23)14-20(30)25-19-12-15(2)27-29(19)18-11-7-10-17(24)13-18/h4-13H,3,14H2,1-2H3,(H,25,30)(H,26,32). The highest BCUT2D eigenvalue weighted by atomic mass is 35.5. The summed E-state index contributed by atoms with van der Waals surface area (Å²) in [5.74, 6) is -0.561. The molecule has 3 aromatic rings. The second-order valence-corrected chi connectivity index (χ2v) is 7.99. The lowest BCUT2D eigenvalue weighted by Gasteiger charge is -2.25. The molecule has 0 radical (unpaired) electrons. The van der Waals surface area contributed by atoms with Crippen molar-refractivity contribution in [3.63, 3.8) is 0 Å². The van der Waals surface area contributed by atoms with Crippen LogP contribution >= 0.6 is 11.6 Å². The summed E-state index contributed by atoms with van der Waals surface area (Å²) in [6.45, 7) is 3.20. The van der Waals surface area contributed by atoms with Crippen molar-refractivity contribution >= 4 is 35.3 Å². The van der Waals surface area contributed by atoms with E-state index in [1.54, 1.807) is 66.2 Å². The Hall–Kier alpha value is -3.65. The Balaban J connectivity index is 1.54. The van der Waals surface area contributed by atoms with E-state index in [0.717, 1.165) is 4.90 Å². The van der Waals surface area contributed by atoms with Gasteiger partial charge in [-0.25, -0.2) is 9.48 Å². The summed E-state index contributed by atoms with van der Waals surface area (Å²) in [5, 5.41) is 10.5. The number of hydrogen-bond acceptors (Lipinski definition) is 4. The Bertz CT molecular complexity index is 1190. The summed E-state index contributed by atoms with van der Waals surface area (Å²) in [4.78, 5) is 39.6. The van der Waals surface area contributed by atoms with E-state index >= 15 is 0 Å². The Morgan fingerprint density at radius 3 is 2.56 bits per heavy atom. The maximum absolute atomic E-state index is 13.2. The molecule has 2 N–H and O–H groups in total. The minimum atomic E-state index is -1.18. The highest BCUT2D eigenvalue weighted by molar-refractivity contribution is 6.30. The highest BCUT2D eigenvalue weighted by Crippen LogP contribution is 2.32. The SMILES string of the molecule is CCC1(c2ccccc2)NC(=O)N(CC(=O)Nc2cc(C)nn2-c2cccc(Cl)c2)C1=O. The third kappa shape index (κ3) is 3.85. The Kier molecular flexibility index (Phi) is 5.71. The van der Waals surface area contributed by atoms with Gasteiger partial charge in [-0.1, -0.05) is 54.9 Å². The van der Waals surface area contributed by atoms with Crippen LogP contribution in [-0.4, -0.2) is 39.1 Å². The number of halogens is 1. The molecule has 9 heteroatoms. The number of imide groups is 1. The highest BCUT2D eigenvalue weighted by Gasteiger charge is 2.51. The fourth-order valence-corrected chi connectivity index (χ4v) is 4.04. The van der Waals surface area contributed by atoms with Gasteiger partial charge >= 0.3 is 6.03 Å². The number of aryl methyl sites for hydroxylation is 1. The average molecular weight is 452 g/mol. The molecule has 1 fully saturated rings. The van der Waals surface area contributed by atoms with E-state index in [0.29, 0.717) is 34.2 Å². The second-order valence-electron chi connectivity index (χ2n) is 7.56. The minimum absolute atomic E-state index is 0.362. The van der Waals surface area contributed by atoms with Crippen LogP contribution in [0.15, 0.2) is 60.7 Å². The predicted octanol–water partition coefficient (Wildman–Crippen LogP) is 3.63. The number of carbonyl (C=O) groups is 3. The maximum atomic E-state index is 13.2. The second kappa shape index (κ2) is 8.47. The summed E-state index contributed by atoms with van der Waals surface area (Å²) >= 11 is 6.08. The molecule has 4 amide bonds. The molecule has 0 bridgehead atoms. The Morgan fingerprint density at radius 2 is 1.88 bits per heavy atom. The number of carbonyl (C=O) groups excluding carboxylic acids is 3. The van der Waals surface area contributed by atoms with Gasteiger partial charge in [0.2, 0.25) is 5.91 Å². The zero-order valence-electron chi connectivity index (χ0n) is 17.6. The van der Waals surface area contributed by atoms with Crippen LogP contribution in [0.1, 0.15) is 24.6 Å². The number of amides is 4. The lowest BCUT2D eigenvalue weighted by molar-refractivity contribution is -0.134. The lowest BCUT2D eigenvalue weighted by Crippen LogP contribution is -2.44. The molecule has 32 heavy (non-hydrogen) atoms. The van der Waals surface area contributed by atoms with Gasteiger partial charge in [-0.2, -0.15) is 5.10 Å².